The standard InChI is InChI=1S/C20H39N2.ClH/c1-3-4-5-6-7-8-9-10-11-12-13-14-15-16-17-22-19-18-21(2)20-22;/h18-20H,3-17H2,1-2H3;1H/q+1;/p-1. The highest BCUT2D eigenvalue weighted by Crippen LogP contribution is 2.12. The molecule has 0 saturated carbocycles. The molecular weight excluding hydrogens is 304 g/mol. The summed E-state index contributed by atoms with van der Waals surface area (Å²) in [6.07, 6.45) is 26.5. The maximum Gasteiger partial charge on any atom is 0.243 e. The fraction of sp³-hybridized carbons (Fsp3) is 0.850. The molecule has 0 aliphatic rings. The number of halogens is 1. The SMILES string of the molecule is CCCCCCCCCCCCCCCC[n+]1ccn(C)c1.[Cl-]. The molecule has 23 heavy (non-hydrogen) atoms. The Bertz CT molecular complexity index is 349. The van der Waals surface area contributed by atoms with Gasteiger partial charge in [0.05, 0.1) is 13.6 Å². The molecule has 0 unspecified atom stereocenters. The van der Waals surface area contributed by atoms with Gasteiger partial charge in [-0.1, -0.05) is 84.0 Å². The molecule has 1 heterocycles. The average molecular weight is 343 g/mol. The molecule has 0 N–H and O–H groups in total. The van der Waals surface area contributed by atoms with Gasteiger partial charge in [0.1, 0.15) is 12.4 Å². The first kappa shape index (κ1) is 22.5. The van der Waals surface area contributed by atoms with Crippen molar-refractivity contribution >= 4 is 0 Å². The van der Waals surface area contributed by atoms with E-state index in [-0.39, 0.29) is 12.4 Å². The van der Waals surface area contributed by atoms with Crippen LogP contribution < -0.4 is 17.0 Å². The summed E-state index contributed by atoms with van der Waals surface area (Å²) in [4.78, 5) is 0. The van der Waals surface area contributed by atoms with Crippen LogP contribution in [0.2, 0.25) is 0 Å². The number of imidazole rings is 1. The number of unbranched alkanes of at least 4 members (excludes halogenated alkanes) is 13. The van der Waals surface area contributed by atoms with E-state index in [0.29, 0.717) is 0 Å². The van der Waals surface area contributed by atoms with Crippen LogP contribution in [0.25, 0.3) is 0 Å². The third kappa shape index (κ3) is 13.6. The second-order valence-corrected chi connectivity index (χ2v) is 6.91. The number of hydrogen-bond donors (Lipinski definition) is 0. The molecule has 0 spiro atoms. The van der Waals surface area contributed by atoms with Crippen LogP contribution in [0.1, 0.15) is 96.8 Å². The first-order valence-electron chi connectivity index (χ1n) is 9.84. The number of hydrogen-bond acceptors (Lipinski definition) is 0. The fourth-order valence-electron chi connectivity index (χ4n) is 3.12. The van der Waals surface area contributed by atoms with Crippen molar-refractivity contribution in [2.75, 3.05) is 0 Å². The van der Waals surface area contributed by atoms with Crippen molar-refractivity contribution in [3.05, 3.63) is 18.7 Å². The second-order valence-electron chi connectivity index (χ2n) is 6.91. The minimum atomic E-state index is 0. The first-order valence-corrected chi connectivity index (χ1v) is 9.84. The predicted molar refractivity (Wildman–Crippen MR) is 95.9 cm³/mol. The average Bonchev–Trinajstić information content (AvgIpc) is 2.93. The second kappa shape index (κ2) is 16.4. The summed E-state index contributed by atoms with van der Waals surface area (Å²) in [7, 11) is 2.09. The Balaban J connectivity index is 0.00000484. The van der Waals surface area contributed by atoms with Gasteiger partial charge in [-0.25, -0.2) is 9.13 Å². The molecule has 0 bridgehead atoms. The van der Waals surface area contributed by atoms with Gasteiger partial charge in [-0.05, 0) is 12.8 Å². The van der Waals surface area contributed by atoms with Gasteiger partial charge in [-0.3, -0.25) is 0 Å². The van der Waals surface area contributed by atoms with Gasteiger partial charge >= 0.3 is 0 Å². The molecule has 136 valence electrons. The number of aromatic nitrogens is 2. The van der Waals surface area contributed by atoms with Crippen LogP contribution in [0.3, 0.4) is 0 Å². The lowest BCUT2D eigenvalue weighted by atomic mass is 10.0. The molecule has 0 atom stereocenters. The number of aryl methyl sites for hydroxylation is 2. The normalized spacial score (nSPS) is 10.7. The molecule has 0 saturated heterocycles. The van der Waals surface area contributed by atoms with Gasteiger partial charge in [-0.15, -0.1) is 0 Å². The quantitative estimate of drug-likeness (QED) is 0.342. The number of rotatable bonds is 15. The van der Waals surface area contributed by atoms with E-state index in [9.17, 15) is 0 Å². The Labute approximate surface area is 151 Å². The third-order valence-electron chi connectivity index (χ3n) is 4.59. The lowest BCUT2D eigenvalue weighted by Crippen LogP contribution is -3.00. The van der Waals surface area contributed by atoms with Crippen molar-refractivity contribution < 1.29 is 17.0 Å². The Morgan fingerprint density at radius 3 is 1.52 bits per heavy atom. The summed E-state index contributed by atoms with van der Waals surface area (Å²) in [6, 6.07) is 0. The molecule has 0 fully saturated rings. The molecule has 0 aromatic carbocycles. The highest BCUT2D eigenvalue weighted by molar-refractivity contribution is 4.61. The topological polar surface area (TPSA) is 8.81 Å². The van der Waals surface area contributed by atoms with Crippen molar-refractivity contribution in [3.63, 3.8) is 0 Å². The van der Waals surface area contributed by atoms with Gasteiger partial charge < -0.3 is 12.4 Å². The molecule has 1 aromatic heterocycles. The molecule has 0 radical (unpaired) electrons. The number of nitrogens with zero attached hydrogens (tertiary/aromatic N) is 2. The summed E-state index contributed by atoms with van der Waals surface area (Å²) in [5, 5.41) is 0. The minimum Gasteiger partial charge on any atom is -1.00 e. The molecule has 3 heteroatoms. The van der Waals surface area contributed by atoms with Crippen molar-refractivity contribution in [3.8, 4) is 0 Å². The van der Waals surface area contributed by atoms with Gasteiger partial charge in [0.2, 0.25) is 6.33 Å². The zero-order valence-corrected chi connectivity index (χ0v) is 16.4. The first-order chi connectivity index (χ1) is 10.8. The zero-order chi connectivity index (χ0) is 15.9. The highest BCUT2D eigenvalue weighted by Gasteiger charge is 1.99. The summed E-state index contributed by atoms with van der Waals surface area (Å²) in [5.74, 6) is 0. The lowest BCUT2D eigenvalue weighted by Gasteiger charge is -2.03. The van der Waals surface area contributed by atoms with Crippen molar-refractivity contribution in [1.29, 1.82) is 0 Å². The van der Waals surface area contributed by atoms with Crippen LogP contribution in [0.4, 0.5) is 0 Å². The maximum atomic E-state index is 2.29. The highest BCUT2D eigenvalue weighted by atomic mass is 35.5. The Hall–Kier alpha value is -0.500. The van der Waals surface area contributed by atoms with E-state index in [1.165, 1.54) is 96.4 Å². The van der Waals surface area contributed by atoms with Crippen molar-refractivity contribution in [1.82, 2.24) is 4.57 Å². The lowest BCUT2D eigenvalue weighted by molar-refractivity contribution is -0.696. The van der Waals surface area contributed by atoms with E-state index in [1.54, 1.807) is 0 Å². The summed E-state index contributed by atoms with van der Waals surface area (Å²) >= 11 is 0. The smallest absolute Gasteiger partial charge is 0.243 e. The molecule has 1 aromatic rings. The van der Waals surface area contributed by atoms with Crippen molar-refractivity contribution in [2.45, 2.75) is 103 Å². The Morgan fingerprint density at radius 1 is 0.696 bits per heavy atom. The van der Waals surface area contributed by atoms with Crippen LogP contribution in [0.15, 0.2) is 18.7 Å². The van der Waals surface area contributed by atoms with Crippen LogP contribution in [-0.2, 0) is 13.6 Å². The van der Waals surface area contributed by atoms with Gasteiger partial charge in [0.15, 0.2) is 0 Å². The van der Waals surface area contributed by atoms with Crippen LogP contribution in [-0.4, -0.2) is 4.57 Å². The summed E-state index contributed by atoms with van der Waals surface area (Å²) < 4.78 is 4.41. The zero-order valence-electron chi connectivity index (χ0n) is 15.6. The van der Waals surface area contributed by atoms with E-state index >= 15 is 0 Å². The van der Waals surface area contributed by atoms with Crippen molar-refractivity contribution in [2.24, 2.45) is 7.05 Å². The molecule has 2 nitrogen and oxygen atoms in total. The van der Waals surface area contributed by atoms with Crippen LogP contribution in [0, 0.1) is 0 Å². The molecule has 1 rings (SSSR count). The van der Waals surface area contributed by atoms with Crippen LogP contribution >= 0.6 is 0 Å². The van der Waals surface area contributed by atoms with Gasteiger partial charge in [0.25, 0.3) is 0 Å². The largest absolute Gasteiger partial charge is 1.00 e. The third-order valence-corrected chi connectivity index (χ3v) is 4.59. The van der Waals surface area contributed by atoms with E-state index < -0.39 is 0 Å². The monoisotopic (exact) mass is 342 g/mol. The fourth-order valence-corrected chi connectivity index (χ4v) is 3.12. The van der Waals surface area contributed by atoms with E-state index in [0.717, 1.165) is 0 Å². The molecular formula is C20H39ClN2. The van der Waals surface area contributed by atoms with E-state index in [2.05, 4.69) is 41.8 Å². The van der Waals surface area contributed by atoms with Crippen LogP contribution in [0.5, 0.6) is 0 Å². The molecule has 0 amide bonds. The van der Waals surface area contributed by atoms with E-state index in [1.807, 2.05) is 0 Å². The summed E-state index contributed by atoms with van der Waals surface area (Å²) in [6.45, 7) is 3.47. The Kier molecular flexibility index (Phi) is 16.0. The van der Waals surface area contributed by atoms with Gasteiger partial charge in [0, 0.05) is 0 Å². The van der Waals surface area contributed by atoms with E-state index in [4.69, 9.17) is 0 Å². The predicted octanol–water partition coefficient (Wildman–Crippen LogP) is 2.80. The molecule has 0 aliphatic carbocycles. The Morgan fingerprint density at radius 2 is 1.13 bits per heavy atom. The molecule has 0 aliphatic heterocycles. The van der Waals surface area contributed by atoms with Gasteiger partial charge in [-0.2, -0.15) is 0 Å². The maximum absolute atomic E-state index is 2.29. The summed E-state index contributed by atoms with van der Waals surface area (Å²) in [5.41, 5.74) is 0. The minimum absolute atomic E-state index is 0.